The lowest BCUT2D eigenvalue weighted by molar-refractivity contribution is -0.0512. The predicted octanol–water partition coefficient (Wildman–Crippen LogP) is 4.19. The van der Waals surface area contributed by atoms with Gasteiger partial charge in [0.25, 0.3) is 0 Å². The van der Waals surface area contributed by atoms with Gasteiger partial charge in [-0.2, -0.15) is 21.6 Å². The normalized spacial score (nSPS) is 18.7. The van der Waals surface area contributed by atoms with Gasteiger partial charge < -0.3 is 18.6 Å². The molecule has 1 spiro atoms. The van der Waals surface area contributed by atoms with Crippen molar-refractivity contribution in [1.29, 1.82) is 0 Å². The second kappa shape index (κ2) is 7.57. The highest BCUT2D eigenvalue weighted by Gasteiger charge is 2.50. The Morgan fingerprint density at radius 2 is 1.77 bits per heavy atom. The molecule has 7 nitrogen and oxygen atoms in total. The van der Waals surface area contributed by atoms with Gasteiger partial charge in [0, 0.05) is 32.0 Å². The first-order chi connectivity index (χ1) is 14.1. The average molecular weight is 467 g/mol. The summed E-state index contributed by atoms with van der Waals surface area (Å²) in [6.07, 6.45) is 0.632. The number of nitrogens with zero attached hydrogens (tertiary/aromatic N) is 1. The van der Waals surface area contributed by atoms with E-state index >= 15 is 0 Å². The minimum Gasteiger partial charge on any atom is -0.479 e. The van der Waals surface area contributed by atoms with Gasteiger partial charge in [0.05, 0.1) is 5.56 Å². The first kappa shape index (κ1) is 23.2. The molecule has 3 rings (SSSR count). The Balaban J connectivity index is 1.91. The Bertz CT molecular complexity index is 1010. The van der Waals surface area contributed by atoms with Crippen molar-refractivity contribution in [2.75, 3.05) is 13.1 Å². The van der Waals surface area contributed by atoms with Gasteiger partial charge in [-0.3, -0.25) is 0 Å². The lowest BCUT2D eigenvalue weighted by atomic mass is 9.87. The molecule has 0 bridgehead atoms. The minimum absolute atomic E-state index is 0.0545. The zero-order valence-electron chi connectivity index (χ0n) is 17.0. The van der Waals surface area contributed by atoms with Gasteiger partial charge in [-0.05, 0) is 32.9 Å². The molecule has 0 radical (unpaired) electrons. The maximum atomic E-state index is 14.4. The van der Waals surface area contributed by atoms with Crippen molar-refractivity contribution >= 4 is 22.0 Å². The van der Waals surface area contributed by atoms with Crippen molar-refractivity contribution < 1.29 is 44.4 Å². The third-order valence-electron chi connectivity index (χ3n) is 4.68. The SMILES string of the molecule is CC(C)(C)OC(=O)N1CCC2(C=C(OS(=O)(=O)C(F)(F)F)c3cccc(F)c3O2)CC1. The molecule has 1 aromatic carbocycles. The van der Waals surface area contributed by atoms with Crippen LogP contribution in [0, 0.1) is 5.82 Å². The third-order valence-corrected chi connectivity index (χ3v) is 5.64. The van der Waals surface area contributed by atoms with E-state index in [1.165, 1.54) is 17.0 Å². The Labute approximate surface area is 176 Å². The molecule has 0 aromatic heterocycles. The van der Waals surface area contributed by atoms with E-state index in [0.29, 0.717) is 0 Å². The standard InChI is InChI=1S/C19H21F4NO6S/c1-17(2,3)29-16(25)24-9-7-18(8-10-24)11-14(30-31(26,27)19(21,22)23)12-5-4-6-13(20)15(12)28-18/h4-6,11H,7-10H2,1-3H3. The summed E-state index contributed by atoms with van der Waals surface area (Å²) in [7, 11) is -5.98. The molecule has 2 aliphatic rings. The molecular formula is C19H21F4NO6S. The van der Waals surface area contributed by atoms with Crippen LogP contribution in [0.5, 0.6) is 5.75 Å². The highest BCUT2D eigenvalue weighted by molar-refractivity contribution is 7.87. The summed E-state index contributed by atoms with van der Waals surface area (Å²) in [5, 5.41) is 0. The molecule has 2 aliphatic heterocycles. The van der Waals surface area contributed by atoms with E-state index in [9.17, 15) is 30.8 Å². The number of carbonyl (C=O) groups is 1. The molecule has 1 saturated heterocycles. The topological polar surface area (TPSA) is 82.1 Å². The van der Waals surface area contributed by atoms with E-state index in [1.54, 1.807) is 20.8 Å². The quantitative estimate of drug-likeness (QED) is 0.369. The van der Waals surface area contributed by atoms with Crippen LogP contribution in [0.15, 0.2) is 24.3 Å². The molecular weight excluding hydrogens is 446 g/mol. The minimum atomic E-state index is -5.98. The first-order valence-corrected chi connectivity index (χ1v) is 10.7. The van der Waals surface area contributed by atoms with Crippen LogP contribution in [0.25, 0.3) is 5.76 Å². The zero-order chi connectivity index (χ0) is 23.2. The highest BCUT2D eigenvalue weighted by Crippen LogP contribution is 2.44. The van der Waals surface area contributed by atoms with E-state index in [-0.39, 0.29) is 31.5 Å². The van der Waals surface area contributed by atoms with Gasteiger partial charge in [-0.15, -0.1) is 0 Å². The van der Waals surface area contributed by atoms with Gasteiger partial charge in [0.15, 0.2) is 17.3 Å². The Kier molecular flexibility index (Phi) is 5.66. The predicted molar refractivity (Wildman–Crippen MR) is 101 cm³/mol. The zero-order valence-corrected chi connectivity index (χ0v) is 17.8. The lowest BCUT2D eigenvalue weighted by Gasteiger charge is -2.42. The number of hydrogen-bond acceptors (Lipinski definition) is 6. The molecule has 0 saturated carbocycles. The first-order valence-electron chi connectivity index (χ1n) is 9.32. The number of carbonyl (C=O) groups excluding carboxylic acids is 1. The molecule has 31 heavy (non-hydrogen) atoms. The summed E-state index contributed by atoms with van der Waals surface area (Å²) in [6.45, 7) is 5.29. The fourth-order valence-corrected chi connectivity index (χ4v) is 3.70. The molecule has 2 heterocycles. The van der Waals surface area contributed by atoms with Crippen LogP contribution in [0.4, 0.5) is 22.4 Å². The van der Waals surface area contributed by atoms with Gasteiger partial charge in [-0.25, -0.2) is 9.18 Å². The number of amides is 1. The third kappa shape index (κ3) is 4.89. The number of benzene rings is 1. The molecule has 1 amide bonds. The van der Waals surface area contributed by atoms with Crippen molar-refractivity contribution in [3.63, 3.8) is 0 Å². The summed E-state index contributed by atoms with van der Waals surface area (Å²) < 4.78 is 91.5. The molecule has 0 N–H and O–H groups in total. The maximum absolute atomic E-state index is 14.4. The summed E-state index contributed by atoms with van der Waals surface area (Å²) in [5.41, 5.74) is -7.99. The number of rotatable bonds is 2. The number of para-hydroxylation sites is 1. The average Bonchev–Trinajstić information content (AvgIpc) is 2.60. The van der Waals surface area contributed by atoms with Gasteiger partial charge in [0.1, 0.15) is 11.2 Å². The number of ether oxygens (including phenoxy) is 2. The summed E-state index contributed by atoms with van der Waals surface area (Å²) in [6, 6.07) is 3.42. The fourth-order valence-electron chi connectivity index (χ4n) is 3.23. The highest BCUT2D eigenvalue weighted by atomic mass is 32.2. The van der Waals surface area contributed by atoms with Crippen LogP contribution in [0.3, 0.4) is 0 Å². The lowest BCUT2D eigenvalue weighted by Crippen LogP contribution is -2.51. The van der Waals surface area contributed by atoms with Crippen molar-refractivity contribution in [3.8, 4) is 5.75 Å². The summed E-state index contributed by atoms with van der Waals surface area (Å²) in [4.78, 5) is 13.6. The smallest absolute Gasteiger partial charge is 0.479 e. The Morgan fingerprint density at radius 1 is 1.16 bits per heavy atom. The van der Waals surface area contributed by atoms with Crippen LogP contribution in [0.2, 0.25) is 0 Å². The van der Waals surface area contributed by atoms with Crippen LogP contribution in [-0.4, -0.2) is 49.2 Å². The Morgan fingerprint density at radius 3 is 2.32 bits per heavy atom. The number of hydrogen-bond donors (Lipinski definition) is 0. The summed E-state index contributed by atoms with van der Waals surface area (Å²) >= 11 is 0. The van der Waals surface area contributed by atoms with E-state index < -0.39 is 50.2 Å². The number of alkyl halides is 3. The second-order valence-corrected chi connectivity index (χ2v) is 9.78. The van der Waals surface area contributed by atoms with Crippen LogP contribution >= 0.6 is 0 Å². The van der Waals surface area contributed by atoms with E-state index in [1.807, 2.05) is 0 Å². The van der Waals surface area contributed by atoms with Crippen LogP contribution < -0.4 is 4.74 Å². The van der Waals surface area contributed by atoms with Gasteiger partial charge >= 0.3 is 21.7 Å². The summed E-state index contributed by atoms with van der Waals surface area (Å²) in [5.74, 6) is -1.98. The van der Waals surface area contributed by atoms with Crippen LogP contribution in [-0.2, 0) is 19.0 Å². The number of halogens is 4. The number of likely N-dealkylation sites (tertiary alicyclic amines) is 1. The number of piperidine rings is 1. The van der Waals surface area contributed by atoms with Crippen molar-refractivity contribution in [2.24, 2.45) is 0 Å². The van der Waals surface area contributed by atoms with Crippen molar-refractivity contribution in [1.82, 2.24) is 4.90 Å². The van der Waals surface area contributed by atoms with E-state index in [2.05, 4.69) is 4.18 Å². The maximum Gasteiger partial charge on any atom is 0.534 e. The fraction of sp³-hybridized carbons (Fsp3) is 0.526. The molecule has 1 aromatic rings. The molecule has 0 unspecified atom stereocenters. The largest absolute Gasteiger partial charge is 0.534 e. The van der Waals surface area contributed by atoms with Gasteiger partial charge in [-0.1, -0.05) is 6.07 Å². The van der Waals surface area contributed by atoms with Crippen molar-refractivity contribution in [2.45, 2.75) is 50.3 Å². The number of fused-ring (bicyclic) bond motifs is 1. The molecule has 0 atom stereocenters. The second-order valence-electron chi connectivity index (χ2n) is 8.24. The molecule has 12 heteroatoms. The molecule has 0 aliphatic carbocycles. The van der Waals surface area contributed by atoms with Crippen LogP contribution in [0.1, 0.15) is 39.2 Å². The van der Waals surface area contributed by atoms with E-state index in [0.717, 1.165) is 12.1 Å². The van der Waals surface area contributed by atoms with E-state index in [4.69, 9.17) is 9.47 Å². The monoisotopic (exact) mass is 467 g/mol. The Hall–Kier alpha value is -2.50. The van der Waals surface area contributed by atoms with Crippen molar-refractivity contribution in [3.05, 3.63) is 35.7 Å². The molecule has 1 fully saturated rings. The van der Waals surface area contributed by atoms with Gasteiger partial charge in [0.2, 0.25) is 0 Å². The molecule has 172 valence electrons.